The molecule has 0 radical (unpaired) electrons. The number of rotatable bonds is 6. The third-order valence-electron chi connectivity index (χ3n) is 3.32. The van der Waals surface area contributed by atoms with Crippen LogP contribution in [0.15, 0.2) is 36.5 Å². The van der Waals surface area contributed by atoms with Gasteiger partial charge in [-0.3, -0.25) is 4.98 Å². The smallest absolute Gasteiger partial charge is 0.0705 e. The molecule has 19 heavy (non-hydrogen) atoms. The summed E-state index contributed by atoms with van der Waals surface area (Å²) in [4.78, 5) is 4.42. The normalized spacial score (nSPS) is 12.2. The lowest BCUT2D eigenvalue weighted by molar-refractivity contribution is 0.505. The van der Waals surface area contributed by atoms with Crippen LogP contribution in [0.1, 0.15) is 37.8 Å². The maximum atomic E-state index is 5.34. The van der Waals surface area contributed by atoms with E-state index in [4.69, 9.17) is 6.42 Å². The first-order chi connectivity index (χ1) is 9.36. The van der Waals surface area contributed by atoms with Crippen molar-refractivity contribution in [1.29, 1.82) is 0 Å². The summed E-state index contributed by atoms with van der Waals surface area (Å²) in [5, 5.41) is 4.79. The van der Waals surface area contributed by atoms with Crippen LogP contribution in [0, 0.1) is 12.3 Å². The highest BCUT2D eigenvalue weighted by atomic mass is 14.9. The molecule has 0 fully saturated rings. The van der Waals surface area contributed by atoms with Crippen LogP contribution in [0.4, 0.5) is 0 Å². The van der Waals surface area contributed by atoms with E-state index < -0.39 is 0 Å². The van der Waals surface area contributed by atoms with Gasteiger partial charge in [-0.15, -0.1) is 12.3 Å². The Morgan fingerprint density at radius 3 is 3.00 bits per heavy atom. The summed E-state index contributed by atoms with van der Waals surface area (Å²) in [6, 6.07) is 10.8. The Balaban J connectivity index is 2.30. The van der Waals surface area contributed by atoms with E-state index in [-0.39, 0.29) is 0 Å². The van der Waals surface area contributed by atoms with E-state index in [0.29, 0.717) is 6.04 Å². The van der Waals surface area contributed by atoms with Crippen molar-refractivity contribution in [2.45, 2.75) is 32.2 Å². The highest BCUT2D eigenvalue weighted by molar-refractivity contribution is 5.82. The monoisotopic (exact) mass is 252 g/mol. The number of fused-ring (bicyclic) bond motifs is 1. The fourth-order valence-electron chi connectivity index (χ4n) is 2.45. The second kappa shape index (κ2) is 6.92. The highest BCUT2D eigenvalue weighted by Crippen LogP contribution is 2.26. The van der Waals surface area contributed by atoms with Gasteiger partial charge >= 0.3 is 0 Å². The number of hydrogen-bond donors (Lipinski definition) is 1. The number of nitrogens with zero attached hydrogens (tertiary/aromatic N) is 1. The van der Waals surface area contributed by atoms with E-state index in [0.717, 1.165) is 31.3 Å². The molecule has 1 aromatic carbocycles. The molecular formula is C17H20N2. The standard InChI is InChI=1S/C17H20N2/c1-3-5-6-11-16(18-4-2)14-9-7-12-17-15(14)10-8-13-19-17/h1,7-10,12-13,16,18H,4-6,11H2,2H3. The van der Waals surface area contributed by atoms with Gasteiger partial charge in [0, 0.05) is 24.0 Å². The molecule has 98 valence electrons. The van der Waals surface area contributed by atoms with Crippen LogP contribution in [0.2, 0.25) is 0 Å². The van der Waals surface area contributed by atoms with Gasteiger partial charge in [0.2, 0.25) is 0 Å². The lowest BCUT2D eigenvalue weighted by atomic mass is 9.97. The van der Waals surface area contributed by atoms with Crippen LogP contribution >= 0.6 is 0 Å². The Kier molecular flexibility index (Phi) is 4.94. The van der Waals surface area contributed by atoms with E-state index in [1.54, 1.807) is 0 Å². The zero-order valence-electron chi connectivity index (χ0n) is 11.4. The molecule has 2 rings (SSSR count). The van der Waals surface area contributed by atoms with Crippen molar-refractivity contribution in [3.8, 4) is 12.3 Å². The van der Waals surface area contributed by atoms with Gasteiger partial charge in [-0.1, -0.05) is 25.1 Å². The zero-order chi connectivity index (χ0) is 13.5. The summed E-state index contributed by atoms with van der Waals surface area (Å²) >= 11 is 0. The number of aromatic nitrogens is 1. The van der Waals surface area contributed by atoms with Crippen molar-refractivity contribution in [3.05, 3.63) is 42.1 Å². The summed E-state index contributed by atoms with van der Waals surface area (Å²) in [7, 11) is 0. The summed E-state index contributed by atoms with van der Waals surface area (Å²) in [6.07, 6.45) is 10.1. The van der Waals surface area contributed by atoms with E-state index in [2.05, 4.69) is 47.4 Å². The van der Waals surface area contributed by atoms with Gasteiger partial charge in [0.05, 0.1) is 5.52 Å². The Morgan fingerprint density at radius 1 is 1.32 bits per heavy atom. The summed E-state index contributed by atoms with van der Waals surface area (Å²) in [6.45, 7) is 3.09. The molecule has 2 heteroatoms. The van der Waals surface area contributed by atoms with Crippen molar-refractivity contribution in [3.63, 3.8) is 0 Å². The molecule has 0 aliphatic rings. The quantitative estimate of drug-likeness (QED) is 0.626. The molecule has 0 aliphatic carbocycles. The van der Waals surface area contributed by atoms with Crippen LogP contribution in [-0.2, 0) is 0 Å². The van der Waals surface area contributed by atoms with Crippen LogP contribution in [0.5, 0.6) is 0 Å². The van der Waals surface area contributed by atoms with Crippen molar-refractivity contribution in [2.75, 3.05) is 6.54 Å². The molecule has 2 aromatic rings. The first-order valence-electron chi connectivity index (χ1n) is 6.87. The highest BCUT2D eigenvalue weighted by Gasteiger charge is 2.12. The molecule has 0 spiro atoms. The van der Waals surface area contributed by atoms with Gasteiger partial charge in [-0.05, 0) is 37.1 Å². The number of nitrogens with one attached hydrogen (secondary N) is 1. The van der Waals surface area contributed by atoms with Gasteiger partial charge < -0.3 is 5.32 Å². The van der Waals surface area contributed by atoms with Crippen molar-refractivity contribution >= 4 is 10.9 Å². The first kappa shape index (κ1) is 13.6. The molecule has 0 saturated heterocycles. The van der Waals surface area contributed by atoms with Gasteiger partial charge in [-0.25, -0.2) is 0 Å². The maximum absolute atomic E-state index is 5.34. The van der Waals surface area contributed by atoms with Gasteiger partial charge in [0.15, 0.2) is 0 Å². The van der Waals surface area contributed by atoms with E-state index in [1.807, 2.05) is 12.3 Å². The molecule has 0 bridgehead atoms. The SMILES string of the molecule is C#CCCCC(NCC)c1cccc2ncccc12. The van der Waals surface area contributed by atoms with Crippen LogP contribution < -0.4 is 5.32 Å². The molecule has 1 N–H and O–H groups in total. The second-order valence-corrected chi connectivity index (χ2v) is 4.62. The zero-order valence-corrected chi connectivity index (χ0v) is 11.4. The first-order valence-corrected chi connectivity index (χ1v) is 6.87. The van der Waals surface area contributed by atoms with Crippen molar-refractivity contribution in [2.24, 2.45) is 0 Å². The minimum atomic E-state index is 0.353. The maximum Gasteiger partial charge on any atom is 0.0705 e. The predicted octanol–water partition coefficient (Wildman–Crippen LogP) is 3.69. The number of benzene rings is 1. The van der Waals surface area contributed by atoms with Crippen LogP contribution in [-0.4, -0.2) is 11.5 Å². The van der Waals surface area contributed by atoms with E-state index in [1.165, 1.54) is 10.9 Å². The fraction of sp³-hybridized carbons (Fsp3) is 0.353. The third-order valence-corrected chi connectivity index (χ3v) is 3.32. The molecule has 1 heterocycles. The molecular weight excluding hydrogens is 232 g/mol. The fourth-order valence-corrected chi connectivity index (χ4v) is 2.45. The predicted molar refractivity (Wildman–Crippen MR) is 80.8 cm³/mol. The van der Waals surface area contributed by atoms with Gasteiger partial charge in [0.25, 0.3) is 0 Å². The summed E-state index contributed by atoms with van der Waals surface area (Å²) in [5.74, 6) is 2.71. The van der Waals surface area contributed by atoms with Crippen LogP contribution in [0.25, 0.3) is 10.9 Å². The summed E-state index contributed by atoms with van der Waals surface area (Å²) in [5.41, 5.74) is 2.38. The Hall–Kier alpha value is -1.85. The number of terminal acetylenes is 1. The lowest BCUT2D eigenvalue weighted by Crippen LogP contribution is -2.21. The molecule has 0 saturated carbocycles. The summed E-state index contributed by atoms with van der Waals surface area (Å²) < 4.78 is 0. The second-order valence-electron chi connectivity index (χ2n) is 4.62. The topological polar surface area (TPSA) is 24.9 Å². The van der Waals surface area contributed by atoms with Gasteiger partial charge in [0.1, 0.15) is 0 Å². The minimum absolute atomic E-state index is 0.353. The molecule has 0 aliphatic heterocycles. The average Bonchev–Trinajstić information content (AvgIpc) is 2.46. The van der Waals surface area contributed by atoms with E-state index >= 15 is 0 Å². The van der Waals surface area contributed by atoms with Crippen molar-refractivity contribution < 1.29 is 0 Å². The Morgan fingerprint density at radius 2 is 2.21 bits per heavy atom. The Labute approximate surface area is 115 Å². The van der Waals surface area contributed by atoms with Crippen LogP contribution in [0.3, 0.4) is 0 Å². The number of hydrogen-bond acceptors (Lipinski definition) is 2. The lowest BCUT2D eigenvalue weighted by Gasteiger charge is -2.19. The Bertz CT molecular complexity index is 563. The third kappa shape index (κ3) is 3.33. The largest absolute Gasteiger partial charge is 0.310 e. The minimum Gasteiger partial charge on any atom is -0.310 e. The van der Waals surface area contributed by atoms with Gasteiger partial charge in [-0.2, -0.15) is 0 Å². The van der Waals surface area contributed by atoms with Crippen molar-refractivity contribution in [1.82, 2.24) is 10.3 Å². The number of unbranched alkanes of at least 4 members (excludes halogenated alkanes) is 1. The molecule has 1 unspecified atom stereocenters. The molecule has 2 nitrogen and oxygen atoms in total. The van der Waals surface area contributed by atoms with E-state index in [9.17, 15) is 0 Å². The molecule has 1 aromatic heterocycles. The average molecular weight is 252 g/mol. The number of pyridine rings is 1. The molecule has 1 atom stereocenters. The molecule has 0 amide bonds.